The van der Waals surface area contributed by atoms with Gasteiger partial charge in [0.25, 0.3) is 0 Å². The number of carboxylic acid groups (broad SMARTS) is 1. The van der Waals surface area contributed by atoms with Gasteiger partial charge in [0.15, 0.2) is 0 Å². The molecule has 1 fully saturated rings. The van der Waals surface area contributed by atoms with Gasteiger partial charge in [-0.2, -0.15) is 0 Å². The van der Waals surface area contributed by atoms with Gasteiger partial charge in [0.05, 0.1) is 0 Å². The third-order valence-corrected chi connectivity index (χ3v) is 3.83. The first kappa shape index (κ1) is 15.8. The van der Waals surface area contributed by atoms with Crippen LogP contribution in [0.15, 0.2) is 0 Å². The second-order valence-electron chi connectivity index (χ2n) is 6.67. The van der Waals surface area contributed by atoms with Crippen molar-refractivity contribution in [1.29, 1.82) is 0 Å². The normalized spacial score (nSPS) is 16.8. The average Bonchev–Trinajstić information content (AvgIpc) is 3.06. The summed E-state index contributed by atoms with van der Waals surface area (Å²) in [5.74, 6) is -0.131. The number of aliphatic carboxylic acids is 1. The molecule has 0 saturated heterocycles. The molecule has 5 heteroatoms. The summed E-state index contributed by atoms with van der Waals surface area (Å²) < 4.78 is 0. The number of carbonyl (C=O) groups excluding carboxylic acids is 1. The summed E-state index contributed by atoms with van der Waals surface area (Å²) in [7, 11) is 0. The van der Waals surface area contributed by atoms with E-state index in [1.165, 1.54) is 4.90 Å². The third-order valence-electron chi connectivity index (χ3n) is 3.83. The molecule has 19 heavy (non-hydrogen) atoms. The lowest BCUT2D eigenvalue weighted by atomic mass is 9.82. The zero-order chi connectivity index (χ0) is 14.6. The van der Waals surface area contributed by atoms with Crippen molar-refractivity contribution in [2.45, 2.75) is 40.5 Å². The summed E-state index contributed by atoms with van der Waals surface area (Å²) in [4.78, 5) is 24.2. The van der Waals surface area contributed by atoms with E-state index in [9.17, 15) is 9.59 Å². The van der Waals surface area contributed by atoms with Crippen LogP contribution in [0.5, 0.6) is 0 Å². The maximum absolute atomic E-state index is 12.0. The minimum absolute atomic E-state index is 0.126. The fraction of sp³-hybridized carbons (Fsp3) is 0.857. The Kier molecular flexibility index (Phi) is 5.20. The number of carboxylic acids is 1. The average molecular weight is 270 g/mol. The van der Waals surface area contributed by atoms with Gasteiger partial charge in [0, 0.05) is 13.1 Å². The standard InChI is InChI=1S/C14H26N2O3/c1-10(14(2,3)4)7-15-13(19)16(9-12(17)18)8-11-5-6-11/h10-11H,5-9H2,1-4H3,(H,15,19)(H,17,18). The lowest BCUT2D eigenvalue weighted by Gasteiger charge is -2.29. The highest BCUT2D eigenvalue weighted by atomic mass is 16.4. The van der Waals surface area contributed by atoms with E-state index in [1.807, 2.05) is 0 Å². The van der Waals surface area contributed by atoms with Crippen molar-refractivity contribution in [3.05, 3.63) is 0 Å². The molecule has 0 aromatic heterocycles. The number of carbonyl (C=O) groups is 2. The molecule has 1 unspecified atom stereocenters. The van der Waals surface area contributed by atoms with Crippen LogP contribution in [0.2, 0.25) is 0 Å². The highest BCUT2D eigenvalue weighted by Crippen LogP contribution is 2.29. The molecule has 0 aromatic rings. The molecule has 0 aliphatic heterocycles. The Balaban J connectivity index is 2.44. The number of nitrogens with one attached hydrogen (secondary N) is 1. The van der Waals surface area contributed by atoms with Crippen LogP contribution in [0, 0.1) is 17.3 Å². The molecule has 110 valence electrons. The van der Waals surface area contributed by atoms with Gasteiger partial charge in [-0.1, -0.05) is 27.7 Å². The minimum atomic E-state index is -0.959. The van der Waals surface area contributed by atoms with Crippen LogP contribution in [0.1, 0.15) is 40.5 Å². The Bertz CT molecular complexity index is 332. The van der Waals surface area contributed by atoms with Crippen LogP contribution in [-0.4, -0.2) is 41.6 Å². The summed E-state index contributed by atoms with van der Waals surface area (Å²) in [5, 5.41) is 11.7. The highest BCUT2D eigenvalue weighted by Gasteiger charge is 2.28. The van der Waals surface area contributed by atoms with Gasteiger partial charge >= 0.3 is 12.0 Å². The summed E-state index contributed by atoms with van der Waals surface area (Å²) in [6, 6.07) is -0.259. The van der Waals surface area contributed by atoms with Crippen LogP contribution in [0.4, 0.5) is 4.79 Å². The molecule has 1 atom stereocenters. The third kappa shape index (κ3) is 5.94. The zero-order valence-corrected chi connectivity index (χ0v) is 12.4. The topological polar surface area (TPSA) is 69.6 Å². The zero-order valence-electron chi connectivity index (χ0n) is 12.4. The Hall–Kier alpha value is -1.26. The Morgan fingerprint density at radius 1 is 1.37 bits per heavy atom. The van der Waals surface area contributed by atoms with E-state index in [0.29, 0.717) is 24.9 Å². The highest BCUT2D eigenvalue weighted by molar-refractivity contribution is 5.80. The van der Waals surface area contributed by atoms with Gasteiger partial charge in [-0.3, -0.25) is 4.79 Å². The molecule has 2 amide bonds. The number of hydrogen-bond donors (Lipinski definition) is 2. The first-order valence-corrected chi connectivity index (χ1v) is 6.94. The maximum atomic E-state index is 12.0. The van der Waals surface area contributed by atoms with E-state index in [-0.39, 0.29) is 18.0 Å². The molecule has 1 rings (SSSR count). The van der Waals surface area contributed by atoms with E-state index in [0.717, 1.165) is 12.8 Å². The van der Waals surface area contributed by atoms with Gasteiger partial charge in [-0.05, 0) is 30.1 Å². The number of amides is 2. The van der Waals surface area contributed by atoms with Crippen LogP contribution in [-0.2, 0) is 4.79 Å². The van der Waals surface area contributed by atoms with Crippen molar-refractivity contribution in [3.63, 3.8) is 0 Å². The van der Waals surface area contributed by atoms with Crippen LogP contribution in [0.25, 0.3) is 0 Å². The fourth-order valence-electron chi connectivity index (χ4n) is 1.65. The van der Waals surface area contributed by atoms with Crippen molar-refractivity contribution in [2.75, 3.05) is 19.6 Å². The molecule has 1 aliphatic rings. The maximum Gasteiger partial charge on any atom is 0.323 e. The van der Waals surface area contributed by atoms with Crippen LogP contribution >= 0.6 is 0 Å². The summed E-state index contributed by atoms with van der Waals surface area (Å²) >= 11 is 0. The molecule has 2 N–H and O–H groups in total. The molecular formula is C14H26N2O3. The molecular weight excluding hydrogens is 244 g/mol. The predicted octanol–water partition coefficient (Wildman–Crippen LogP) is 2.17. The van der Waals surface area contributed by atoms with Gasteiger partial charge in [-0.25, -0.2) is 4.79 Å². The number of rotatable bonds is 6. The Labute approximate surface area is 115 Å². The van der Waals surface area contributed by atoms with Gasteiger partial charge < -0.3 is 15.3 Å². The van der Waals surface area contributed by atoms with Crippen molar-refractivity contribution >= 4 is 12.0 Å². The van der Waals surface area contributed by atoms with Crippen molar-refractivity contribution < 1.29 is 14.7 Å². The van der Waals surface area contributed by atoms with Crippen LogP contribution < -0.4 is 5.32 Å². The molecule has 1 aliphatic carbocycles. The second-order valence-corrected chi connectivity index (χ2v) is 6.67. The van der Waals surface area contributed by atoms with Crippen molar-refractivity contribution in [1.82, 2.24) is 10.2 Å². The summed E-state index contributed by atoms with van der Waals surface area (Å²) in [6.45, 7) is 9.38. The van der Waals surface area contributed by atoms with Crippen molar-refractivity contribution in [2.24, 2.45) is 17.3 Å². The molecule has 0 spiro atoms. The molecule has 1 saturated carbocycles. The molecule has 0 aromatic carbocycles. The lowest BCUT2D eigenvalue weighted by Crippen LogP contribution is -2.46. The van der Waals surface area contributed by atoms with Gasteiger partial charge in [0.2, 0.25) is 0 Å². The molecule has 0 heterocycles. The Morgan fingerprint density at radius 3 is 2.37 bits per heavy atom. The fourth-order valence-corrected chi connectivity index (χ4v) is 1.65. The number of urea groups is 1. The molecule has 0 bridgehead atoms. The first-order chi connectivity index (χ1) is 8.70. The van der Waals surface area contributed by atoms with Gasteiger partial charge in [0.1, 0.15) is 6.54 Å². The van der Waals surface area contributed by atoms with E-state index in [4.69, 9.17) is 5.11 Å². The summed E-state index contributed by atoms with van der Waals surface area (Å²) in [6.07, 6.45) is 2.20. The molecule has 5 nitrogen and oxygen atoms in total. The number of hydrogen-bond acceptors (Lipinski definition) is 2. The largest absolute Gasteiger partial charge is 0.480 e. The van der Waals surface area contributed by atoms with E-state index in [1.54, 1.807) is 0 Å². The van der Waals surface area contributed by atoms with Gasteiger partial charge in [-0.15, -0.1) is 0 Å². The van der Waals surface area contributed by atoms with Crippen molar-refractivity contribution in [3.8, 4) is 0 Å². The van der Waals surface area contributed by atoms with Crippen LogP contribution in [0.3, 0.4) is 0 Å². The quantitative estimate of drug-likeness (QED) is 0.777. The SMILES string of the molecule is CC(CNC(=O)N(CC(=O)O)CC1CC1)C(C)(C)C. The molecule has 0 radical (unpaired) electrons. The Morgan fingerprint density at radius 2 is 1.95 bits per heavy atom. The minimum Gasteiger partial charge on any atom is -0.480 e. The predicted molar refractivity (Wildman–Crippen MR) is 74.0 cm³/mol. The monoisotopic (exact) mass is 270 g/mol. The first-order valence-electron chi connectivity index (χ1n) is 6.94. The van der Waals surface area contributed by atoms with E-state index >= 15 is 0 Å². The number of nitrogens with zero attached hydrogens (tertiary/aromatic N) is 1. The lowest BCUT2D eigenvalue weighted by molar-refractivity contribution is -0.137. The summed E-state index contributed by atoms with van der Waals surface area (Å²) in [5.41, 5.74) is 0.126. The second kappa shape index (κ2) is 6.26. The smallest absolute Gasteiger partial charge is 0.323 e. The van der Waals surface area contributed by atoms with E-state index < -0.39 is 5.97 Å². The van der Waals surface area contributed by atoms with E-state index in [2.05, 4.69) is 33.0 Å².